The molecular formula is C16H34N2O. The Morgan fingerprint density at radius 3 is 2.21 bits per heavy atom. The van der Waals surface area contributed by atoms with E-state index in [9.17, 15) is 5.11 Å². The number of aliphatic hydroxyl groups is 1. The van der Waals surface area contributed by atoms with Gasteiger partial charge in [0.1, 0.15) is 0 Å². The highest BCUT2D eigenvalue weighted by Gasteiger charge is 2.30. The van der Waals surface area contributed by atoms with Crippen LogP contribution in [0.2, 0.25) is 0 Å². The van der Waals surface area contributed by atoms with Gasteiger partial charge in [-0.05, 0) is 50.1 Å². The van der Waals surface area contributed by atoms with Gasteiger partial charge in [-0.3, -0.25) is 0 Å². The second-order valence-electron chi connectivity index (χ2n) is 6.64. The quantitative estimate of drug-likeness (QED) is 0.711. The van der Waals surface area contributed by atoms with E-state index in [0.717, 1.165) is 32.5 Å². The number of nitrogens with one attached hydrogen (secondary N) is 1. The summed E-state index contributed by atoms with van der Waals surface area (Å²) in [6.45, 7) is 14.1. The topological polar surface area (TPSA) is 35.5 Å². The summed E-state index contributed by atoms with van der Waals surface area (Å²) in [5, 5.41) is 12.9. The van der Waals surface area contributed by atoms with Gasteiger partial charge >= 0.3 is 0 Å². The van der Waals surface area contributed by atoms with Crippen LogP contribution in [0.1, 0.15) is 53.4 Å². The van der Waals surface area contributed by atoms with E-state index in [1.165, 1.54) is 19.4 Å². The molecule has 0 amide bonds. The number of hydrogen-bond acceptors (Lipinski definition) is 3. The van der Waals surface area contributed by atoms with E-state index in [1.807, 2.05) is 0 Å². The van der Waals surface area contributed by atoms with Crippen molar-refractivity contribution in [3.05, 3.63) is 0 Å². The van der Waals surface area contributed by atoms with Crippen molar-refractivity contribution in [3.63, 3.8) is 0 Å². The van der Waals surface area contributed by atoms with Crippen molar-refractivity contribution >= 4 is 0 Å². The summed E-state index contributed by atoms with van der Waals surface area (Å²) in [6, 6.07) is 0.567. The van der Waals surface area contributed by atoms with Gasteiger partial charge in [0.25, 0.3) is 0 Å². The molecule has 19 heavy (non-hydrogen) atoms. The third kappa shape index (κ3) is 5.41. The molecule has 0 unspecified atom stereocenters. The second-order valence-corrected chi connectivity index (χ2v) is 6.64. The lowest BCUT2D eigenvalue weighted by molar-refractivity contribution is 0.0815. The Bertz CT molecular complexity index is 231. The first-order chi connectivity index (χ1) is 9.05. The smallest absolute Gasteiger partial charge is 0.0460 e. The molecule has 0 aromatic rings. The predicted molar refractivity (Wildman–Crippen MR) is 82.4 cm³/mol. The first kappa shape index (κ1) is 16.9. The van der Waals surface area contributed by atoms with Crippen molar-refractivity contribution < 1.29 is 5.11 Å². The molecule has 0 saturated carbocycles. The summed E-state index contributed by atoms with van der Waals surface area (Å²) < 4.78 is 0. The highest BCUT2D eigenvalue weighted by atomic mass is 16.3. The third-order valence-electron chi connectivity index (χ3n) is 4.91. The molecule has 0 aromatic heterocycles. The Morgan fingerprint density at radius 2 is 1.79 bits per heavy atom. The van der Waals surface area contributed by atoms with E-state index >= 15 is 0 Å². The molecule has 3 heteroatoms. The maximum atomic E-state index is 9.22. The van der Waals surface area contributed by atoms with Crippen molar-refractivity contribution in [2.24, 2.45) is 11.3 Å². The van der Waals surface area contributed by atoms with Gasteiger partial charge in [0, 0.05) is 25.7 Å². The number of aliphatic hydroxyl groups excluding tert-OH is 1. The van der Waals surface area contributed by atoms with Gasteiger partial charge in [0.2, 0.25) is 0 Å². The van der Waals surface area contributed by atoms with Crippen molar-refractivity contribution in [3.8, 4) is 0 Å². The number of piperidine rings is 1. The zero-order valence-corrected chi connectivity index (χ0v) is 13.4. The molecule has 0 radical (unpaired) electrons. The zero-order valence-electron chi connectivity index (χ0n) is 13.4. The van der Waals surface area contributed by atoms with Gasteiger partial charge in [-0.2, -0.15) is 0 Å². The van der Waals surface area contributed by atoms with E-state index in [-0.39, 0.29) is 0 Å². The van der Waals surface area contributed by atoms with Crippen LogP contribution in [0, 0.1) is 11.3 Å². The molecule has 0 atom stereocenters. The maximum absolute atomic E-state index is 9.22. The summed E-state index contributed by atoms with van der Waals surface area (Å²) in [7, 11) is 0. The van der Waals surface area contributed by atoms with Crippen LogP contribution in [0.5, 0.6) is 0 Å². The fourth-order valence-electron chi connectivity index (χ4n) is 3.00. The molecule has 1 aliphatic heterocycles. The average molecular weight is 270 g/mol. The second kappa shape index (κ2) is 8.23. The molecule has 114 valence electrons. The normalized spacial score (nSPS) is 19.3. The Balaban J connectivity index is 2.48. The van der Waals surface area contributed by atoms with Gasteiger partial charge in [-0.1, -0.05) is 27.7 Å². The molecule has 2 N–H and O–H groups in total. The van der Waals surface area contributed by atoms with Crippen LogP contribution in [0.15, 0.2) is 0 Å². The van der Waals surface area contributed by atoms with E-state index in [1.54, 1.807) is 0 Å². The van der Waals surface area contributed by atoms with Crippen molar-refractivity contribution in [1.29, 1.82) is 0 Å². The van der Waals surface area contributed by atoms with E-state index in [4.69, 9.17) is 0 Å². The molecule has 1 fully saturated rings. The van der Waals surface area contributed by atoms with E-state index < -0.39 is 0 Å². The molecule has 0 aromatic carbocycles. The van der Waals surface area contributed by atoms with Crippen molar-refractivity contribution in [1.82, 2.24) is 10.2 Å². The number of hydrogen-bond donors (Lipinski definition) is 2. The lowest BCUT2D eigenvalue weighted by Crippen LogP contribution is -2.47. The summed E-state index contributed by atoms with van der Waals surface area (Å²) >= 11 is 0. The highest BCUT2D eigenvalue weighted by Crippen LogP contribution is 2.29. The first-order valence-corrected chi connectivity index (χ1v) is 8.12. The average Bonchev–Trinajstić information content (AvgIpc) is 2.44. The highest BCUT2D eigenvalue weighted by molar-refractivity contribution is 4.85. The van der Waals surface area contributed by atoms with Crippen molar-refractivity contribution in [2.45, 2.75) is 59.4 Å². The molecular weight excluding hydrogens is 236 g/mol. The Labute approximate surface area is 119 Å². The monoisotopic (exact) mass is 270 g/mol. The molecule has 1 rings (SSSR count). The minimum atomic E-state index is 0.370. The third-order valence-corrected chi connectivity index (χ3v) is 4.91. The van der Waals surface area contributed by atoms with Crippen LogP contribution < -0.4 is 5.32 Å². The first-order valence-electron chi connectivity index (χ1n) is 8.12. The van der Waals surface area contributed by atoms with Crippen molar-refractivity contribution in [2.75, 3.05) is 32.8 Å². The fraction of sp³-hybridized carbons (Fsp3) is 1.00. The number of likely N-dealkylation sites (tertiary alicyclic amines) is 1. The standard InChI is InChI=1S/C16H34N2O/c1-5-16(6-2,12-17-14(3)4)13-18-9-7-15(11-19)8-10-18/h14-15,17,19H,5-13H2,1-4H3. The molecule has 1 heterocycles. The molecule has 1 aliphatic rings. The minimum Gasteiger partial charge on any atom is -0.396 e. The summed E-state index contributed by atoms with van der Waals surface area (Å²) in [5.41, 5.74) is 0.413. The largest absolute Gasteiger partial charge is 0.396 e. The Kier molecular flexibility index (Phi) is 7.33. The van der Waals surface area contributed by atoms with Crippen LogP contribution in [-0.4, -0.2) is 48.8 Å². The van der Waals surface area contributed by atoms with Crippen LogP contribution in [0.4, 0.5) is 0 Å². The summed E-state index contributed by atoms with van der Waals surface area (Å²) in [4.78, 5) is 2.61. The van der Waals surface area contributed by atoms with E-state index in [2.05, 4.69) is 37.9 Å². The maximum Gasteiger partial charge on any atom is 0.0460 e. The van der Waals surface area contributed by atoms with Crippen LogP contribution >= 0.6 is 0 Å². The lowest BCUT2D eigenvalue weighted by Gasteiger charge is -2.40. The van der Waals surface area contributed by atoms with Gasteiger partial charge in [0.05, 0.1) is 0 Å². The SMILES string of the molecule is CCC(CC)(CNC(C)C)CN1CCC(CO)CC1. The minimum absolute atomic E-state index is 0.370. The lowest BCUT2D eigenvalue weighted by atomic mass is 9.80. The van der Waals surface area contributed by atoms with Gasteiger partial charge in [-0.15, -0.1) is 0 Å². The number of nitrogens with zero attached hydrogens (tertiary/aromatic N) is 1. The van der Waals surface area contributed by atoms with E-state index in [0.29, 0.717) is 24.0 Å². The molecule has 0 spiro atoms. The fourth-order valence-corrected chi connectivity index (χ4v) is 3.00. The predicted octanol–water partition coefficient (Wildman–Crippen LogP) is 2.50. The van der Waals surface area contributed by atoms with Gasteiger partial charge < -0.3 is 15.3 Å². The Hall–Kier alpha value is -0.120. The molecule has 0 bridgehead atoms. The van der Waals surface area contributed by atoms with Crippen LogP contribution in [0.25, 0.3) is 0 Å². The van der Waals surface area contributed by atoms with Gasteiger partial charge in [-0.25, -0.2) is 0 Å². The molecule has 1 saturated heterocycles. The van der Waals surface area contributed by atoms with Crippen LogP contribution in [0.3, 0.4) is 0 Å². The molecule has 0 aliphatic carbocycles. The molecule has 3 nitrogen and oxygen atoms in total. The zero-order chi connectivity index (χ0) is 14.3. The van der Waals surface area contributed by atoms with Gasteiger partial charge in [0.15, 0.2) is 0 Å². The Morgan fingerprint density at radius 1 is 1.21 bits per heavy atom. The summed E-state index contributed by atoms with van der Waals surface area (Å²) in [5.74, 6) is 0.544. The number of rotatable bonds is 8. The summed E-state index contributed by atoms with van der Waals surface area (Å²) in [6.07, 6.45) is 4.81. The van der Waals surface area contributed by atoms with Crippen LogP contribution in [-0.2, 0) is 0 Å².